The second-order valence-corrected chi connectivity index (χ2v) is 14.9. The van der Waals surface area contributed by atoms with Crippen LogP contribution in [0.25, 0.3) is 32.8 Å². The number of nitrogens with zero attached hydrogens (tertiary/aromatic N) is 4. The molecular weight excluding hydrogens is 653 g/mol. The molecule has 0 atom stereocenters. The Kier molecular flexibility index (Phi) is 9.11. The molecule has 0 spiro atoms. The highest BCUT2D eigenvalue weighted by Gasteiger charge is 2.28. The van der Waals surface area contributed by atoms with E-state index in [-0.39, 0.29) is 11.5 Å². The highest BCUT2D eigenvalue weighted by Crippen LogP contribution is 2.39. The average molecular weight is 693 g/mol. The molecule has 1 aliphatic rings. The molecule has 11 heteroatoms. The lowest BCUT2D eigenvalue weighted by Gasteiger charge is -2.21. The summed E-state index contributed by atoms with van der Waals surface area (Å²) in [6.07, 6.45) is 3.14. The number of carboxylic acid groups (broad SMARTS) is 1. The third-order valence-electron chi connectivity index (χ3n) is 9.44. The zero-order chi connectivity index (χ0) is 35.0. The predicted octanol–water partition coefficient (Wildman–Crippen LogP) is 6.72. The SMILES string of the molecule is CN1CCCn2c(C(=O)O)c(CCCOc3cccc4ccccc34)c3cccc(c32)-c2c(COc3ccc(S(C)(=O)=O)cc3)nn(C)c2C1. The first kappa shape index (κ1) is 33.4. The Hall–Kier alpha value is -5.13. The van der Waals surface area contributed by atoms with Gasteiger partial charge in [0.1, 0.15) is 29.5 Å². The summed E-state index contributed by atoms with van der Waals surface area (Å²) in [5.74, 6) is 0.394. The van der Waals surface area contributed by atoms with Crippen LogP contribution in [0.5, 0.6) is 11.5 Å². The number of para-hydroxylation sites is 1. The molecule has 7 rings (SSSR count). The van der Waals surface area contributed by atoms with Crippen molar-refractivity contribution < 1.29 is 27.8 Å². The Balaban J connectivity index is 1.26. The number of hydrogen-bond donors (Lipinski definition) is 1. The summed E-state index contributed by atoms with van der Waals surface area (Å²) in [5.41, 5.74) is 5.54. The Morgan fingerprint density at radius 2 is 1.64 bits per heavy atom. The van der Waals surface area contributed by atoms with E-state index >= 15 is 0 Å². The second kappa shape index (κ2) is 13.6. The van der Waals surface area contributed by atoms with Crippen molar-refractivity contribution >= 4 is 37.5 Å². The van der Waals surface area contributed by atoms with Crippen molar-refractivity contribution in [2.24, 2.45) is 7.05 Å². The maximum absolute atomic E-state index is 13.0. The van der Waals surface area contributed by atoms with Crippen LogP contribution in [0.4, 0.5) is 0 Å². The number of aromatic carboxylic acids is 1. The molecule has 0 saturated heterocycles. The summed E-state index contributed by atoms with van der Waals surface area (Å²) in [6, 6.07) is 26.6. The van der Waals surface area contributed by atoms with Gasteiger partial charge in [0.15, 0.2) is 9.84 Å². The number of carboxylic acids is 1. The van der Waals surface area contributed by atoms with Crippen LogP contribution < -0.4 is 9.47 Å². The first-order chi connectivity index (χ1) is 24.1. The summed E-state index contributed by atoms with van der Waals surface area (Å²) in [5, 5.41) is 18.7. The van der Waals surface area contributed by atoms with Gasteiger partial charge in [0.2, 0.25) is 0 Å². The second-order valence-electron chi connectivity index (χ2n) is 12.9. The minimum Gasteiger partial charge on any atom is -0.493 e. The van der Waals surface area contributed by atoms with Crippen molar-refractivity contribution in [3.8, 4) is 22.6 Å². The number of rotatable bonds is 10. The van der Waals surface area contributed by atoms with E-state index in [1.54, 1.807) is 12.1 Å². The van der Waals surface area contributed by atoms with Crippen LogP contribution in [0.1, 0.15) is 40.3 Å². The molecule has 1 N–H and O–H groups in total. The summed E-state index contributed by atoms with van der Waals surface area (Å²) >= 11 is 0. The minimum absolute atomic E-state index is 0.145. The van der Waals surface area contributed by atoms with Crippen LogP contribution in [0.3, 0.4) is 0 Å². The molecule has 0 aliphatic carbocycles. The van der Waals surface area contributed by atoms with Gasteiger partial charge in [-0.2, -0.15) is 5.10 Å². The summed E-state index contributed by atoms with van der Waals surface area (Å²) in [7, 11) is 0.658. The normalized spacial score (nSPS) is 13.7. The van der Waals surface area contributed by atoms with E-state index in [1.165, 1.54) is 18.4 Å². The number of carbonyl (C=O) groups is 1. The number of aryl methyl sites for hydroxylation is 3. The predicted molar refractivity (Wildman–Crippen MR) is 194 cm³/mol. The first-order valence-corrected chi connectivity index (χ1v) is 18.6. The monoisotopic (exact) mass is 692 g/mol. The van der Waals surface area contributed by atoms with Crippen molar-refractivity contribution in [2.45, 2.75) is 43.9 Å². The number of ether oxygens (including phenoxy) is 2. The third-order valence-corrected chi connectivity index (χ3v) is 10.6. The zero-order valence-electron chi connectivity index (χ0n) is 28.4. The molecule has 6 aromatic rings. The molecule has 2 aromatic heterocycles. The topological polar surface area (TPSA) is 116 Å². The van der Waals surface area contributed by atoms with Gasteiger partial charge in [-0.05, 0) is 74.1 Å². The number of fused-ring (bicyclic) bond motifs is 3. The molecule has 258 valence electrons. The van der Waals surface area contributed by atoms with Crippen molar-refractivity contribution in [3.05, 3.63) is 108 Å². The largest absolute Gasteiger partial charge is 0.493 e. The van der Waals surface area contributed by atoms with Crippen LogP contribution in [0.2, 0.25) is 0 Å². The molecule has 0 saturated carbocycles. The molecular formula is C39H40N4O6S. The molecule has 0 fully saturated rings. The molecule has 0 amide bonds. The fourth-order valence-corrected chi connectivity index (χ4v) is 7.77. The van der Waals surface area contributed by atoms with E-state index in [1.807, 2.05) is 64.8 Å². The van der Waals surface area contributed by atoms with Gasteiger partial charge in [0, 0.05) is 48.3 Å². The Morgan fingerprint density at radius 1 is 0.900 bits per heavy atom. The van der Waals surface area contributed by atoms with Gasteiger partial charge < -0.3 is 24.0 Å². The van der Waals surface area contributed by atoms with E-state index in [4.69, 9.17) is 14.6 Å². The highest BCUT2D eigenvalue weighted by molar-refractivity contribution is 7.90. The van der Waals surface area contributed by atoms with E-state index < -0.39 is 15.8 Å². The van der Waals surface area contributed by atoms with Gasteiger partial charge in [-0.3, -0.25) is 4.68 Å². The van der Waals surface area contributed by atoms with Crippen LogP contribution in [0.15, 0.2) is 89.8 Å². The highest BCUT2D eigenvalue weighted by atomic mass is 32.2. The molecule has 0 bridgehead atoms. The summed E-state index contributed by atoms with van der Waals surface area (Å²) in [4.78, 5) is 15.5. The first-order valence-electron chi connectivity index (χ1n) is 16.7. The maximum atomic E-state index is 13.0. The van der Waals surface area contributed by atoms with Crippen molar-refractivity contribution in [1.82, 2.24) is 19.2 Å². The smallest absolute Gasteiger partial charge is 0.352 e. The van der Waals surface area contributed by atoms with Gasteiger partial charge >= 0.3 is 5.97 Å². The maximum Gasteiger partial charge on any atom is 0.352 e. The third kappa shape index (κ3) is 6.46. The Labute approximate surface area is 291 Å². The van der Waals surface area contributed by atoms with Crippen LogP contribution in [-0.2, 0) is 43.0 Å². The number of aromatic nitrogens is 3. The van der Waals surface area contributed by atoms with Crippen molar-refractivity contribution in [3.63, 3.8) is 0 Å². The lowest BCUT2D eigenvalue weighted by atomic mass is 9.97. The molecule has 0 radical (unpaired) electrons. The summed E-state index contributed by atoms with van der Waals surface area (Å²) in [6.45, 7) is 2.58. The van der Waals surface area contributed by atoms with Gasteiger partial charge in [-0.1, -0.05) is 54.6 Å². The molecule has 50 heavy (non-hydrogen) atoms. The van der Waals surface area contributed by atoms with E-state index in [9.17, 15) is 18.3 Å². The van der Waals surface area contributed by atoms with E-state index in [0.29, 0.717) is 49.7 Å². The van der Waals surface area contributed by atoms with Gasteiger partial charge in [-0.25, -0.2) is 13.2 Å². The molecule has 10 nitrogen and oxygen atoms in total. The minimum atomic E-state index is -3.33. The zero-order valence-corrected chi connectivity index (χ0v) is 29.2. The van der Waals surface area contributed by atoms with Gasteiger partial charge in [0.25, 0.3) is 0 Å². The molecule has 4 aromatic carbocycles. The summed E-state index contributed by atoms with van der Waals surface area (Å²) < 4.78 is 40.2. The average Bonchev–Trinajstić information content (AvgIpc) is 3.58. The van der Waals surface area contributed by atoms with Crippen LogP contribution in [0, 0.1) is 0 Å². The molecule has 0 unspecified atom stereocenters. The lowest BCUT2D eigenvalue weighted by Crippen LogP contribution is -2.23. The molecule has 1 aliphatic heterocycles. The van der Waals surface area contributed by atoms with Crippen molar-refractivity contribution in [2.75, 3.05) is 26.5 Å². The number of benzene rings is 4. The standard InChI is InChI=1S/C39H40N4O6S/c1-41-21-9-22-43-37-30(31(38(43)39(44)45)15-8-23-48-35-16-6-11-26-10-4-5-12-29(26)35)13-7-14-32(37)36-33(40-42(2)34(36)24-41)25-49-27-17-19-28(20-18-27)50(3,46)47/h4-7,10-14,16-20H,8-9,15,21-25H2,1-3H3,(H,44,45). The Bertz CT molecular complexity index is 2320. The fraction of sp³-hybridized carbons (Fsp3) is 0.282. The quantitative estimate of drug-likeness (QED) is 0.157. The molecule has 3 heterocycles. The number of hydrogen-bond acceptors (Lipinski definition) is 7. The van der Waals surface area contributed by atoms with Crippen LogP contribution >= 0.6 is 0 Å². The van der Waals surface area contributed by atoms with Gasteiger partial charge in [-0.15, -0.1) is 0 Å². The van der Waals surface area contributed by atoms with E-state index in [0.717, 1.165) is 62.8 Å². The van der Waals surface area contributed by atoms with E-state index in [2.05, 4.69) is 24.1 Å². The van der Waals surface area contributed by atoms with Gasteiger partial charge in [0.05, 0.1) is 22.7 Å². The van der Waals surface area contributed by atoms with Crippen LogP contribution in [-0.4, -0.2) is 65.2 Å². The number of sulfone groups is 1. The lowest BCUT2D eigenvalue weighted by molar-refractivity contribution is 0.0683. The fourth-order valence-electron chi connectivity index (χ4n) is 7.14. The van der Waals surface area contributed by atoms with Crippen molar-refractivity contribution in [1.29, 1.82) is 0 Å². The Morgan fingerprint density at radius 3 is 2.42 bits per heavy atom.